The predicted molar refractivity (Wildman–Crippen MR) is 73.2 cm³/mol. The van der Waals surface area contributed by atoms with Crippen molar-refractivity contribution in [2.75, 3.05) is 13.7 Å². The quantitative estimate of drug-likeness (QED) is 0.419. The van der Waals surface area contributed by atoms with Gasteiger partial charge in [0.1, 0.15) is 5.70 Å². The van der Waals surface area contributed by atoms with Gasteiger partial charge in [-0.05, 0) is 26.0 Å². The molecule has 0 fully saturated rings. The SMILES string of the molecule is C=C/C(=C(\N=C(/C)C=C)OC)N(/C=C\N)CC. The first kappa shape index (κ1) is 15.0. The minimum absolute atomic E-state index is 0.484. The zero-order valence-electron chi connectivity index (χ0n) is 10.8. The van der Waals surface area contributed by atoms with E-state index >= 15 is 0 Å². The Bertz CT molecular complexity index is 354. The van der Waals surface area contributed by atoms with E-state index in [0.717, 1.165) is 18.0 Å². The first-order chi connectivity index (χ1) is 8.14. The number of methoxy groups -OCH3 is 1. The molecule has 0 radical (unpaired) electrons. The fraction of sp³-hybridized carbons (Fsp3) is 0.308. The third kappa shape index (κ3) is 4.59. The molecule has 0 saturated heterocycles. The highest BCUT2D eigenvalue weighted by Gasteiger charge is 2.09. The molecule has 0 bridgehead atoms. The summed E-state index contributed by atoms with van der Waals surface area (Å²) < 4.78 is 5.26. The van der Waals surface area contributed by atoms with Crippen LogP contribution in [0, 0.1) is 0 Å². The number of aliphatic imine (C=N–C) groups is 1. The third-order valence-corrected chi connectivity index (χ3v) is 2.10. The van der Waals surface area contributed by atoms with Crippen LogP contribution in [0.2, 0.25) is 0 Å². The topological polar surface area (TPSA) is 50.8 Å². The summed E-state index contributed by atoms with van der Waals surface area (Å²) in [5.74, 6) is 0.484. The Morgan fingerprint density at radius 1 is 1.41 bits per heavy atom. The molecule has 0 aliphatic rings. The minimum Gasteiger partial charge on any atom is -0.480 e. The van der Waals surface area contributed by atoms with E-state index in [1.807, 2.05) is 18.7 Å². The van der Waals surface area contributed by atoms with Gasteiger partial charge in [0.25, 0.3) is 0 Å². The summed E-state index contributed by atoms with van der Waals surface area (Å²) in [7, 11) is 1.57. The molecule has 4 nitrogen and oxygen atoms in total. The molecule has 0 aromatic heterocycles. The average Bonchev–Trinajstić information content (AvgIpc) is 2.36. The molecule has 0 atom stereocenters. The molecule has 17 heavy (non-hydrogen) atoms. The van der Waals surface area contributed by atoms with Gasteiger partial charge in [-0.3, -0.25) is 0 Å². The fourth-order valence-electron chi connectivity index (χ4n) is 1.20. The number of hydrogen-bond donors (Lipinski definition) is 1. The van der Waals surface area contributed by atoms with Crippen molar-refractivity contribution in [2.24, 2.45) is 10.7 Å². The van der Waals surface area contributed by atoms with Crippen LogP contribution in [-0.2, 0) is 4.74 Å². The highest BCUT2D eigenvalue weighted by atomic mass is 16.5. The molecular formula is C13H21N3O. The first-order valence-corrected chi connectivity index (χ1v) is 5.38. The predicted octanol–water partition coefficient (Wildman–Crippen LogP) is 2.39. The summed E-state index contributed by atoms with van der Waals surface area (Å²) >= 11 is 0. The van der Waals surface area contributed by atoms with Gasteiger partial charge in [0, 0.05) is 24.7 Å². The molecule has 2 N–H and O–H groups in total. The van der Waals surface area contributed by atoms with E-state index in [1.54, 1.807) is 25.5 Å². The van der Waals surface area contributed by atoms with Crippen LogP contribution < -0.4 is 5.73 Å². The van der Waals surface area contributed by atoms with Crippen LogP contribution in [0.15, 0.2) is 54.3 Å². The van der Waals surface area contributed by atoms with Crippen LogP contribution in [-0.4, -0.2) is 24.3 Å². The van der Waals surface area contributed by atoms with Crippen molar-refractivity contribution in [1.29, 1.82) is 0 Å². The molecule has 4 heteroatoms. The maximum Gasteiger partial charge on any atom is 0.237 e. The Labute approximate surface area is 103 Å². The molecule has 0 saturated carbocycles. The third-order valence-electron chi connectivity index (χ3n) is 2.10. The first-order valence-electron chi connectivity index (χ1n) is 5.38. The van der Waals surface area contributed by atoms with Crippen LogP contribution in [0.4, 0.5) is 0 Å². The number of nitrogens with two attached hydrogens (primary N) is 1. The molecule has 94 valence electrons. The van der Waals surface area contributed by atoms with Gasteiger partial charge in [-0.2, -0.15) is 0 Å². The molecule has 0 heterocycles. The van der Waals surface area contributed by atoms with Gasteiger partial charge in [0.05, 0.1) is 7.11 Å². The van der Waals surface area contributed by atoms with Crippen molar-refractivity contribution in [3.05, 3.63) is 49.3 Å². The lowest BCUT2D eigenvalue weighted by atomic mass is 10.3. The summed E-state index contributed by atoms with van der Waals surface area (Å²) in [4.78, 5) is 6.20. The summed E-state index contributed by atoms with van der Waals surface area (Å²) in [6.45, 7) is 12.0. The van der Waals surface area contributed by atoms with Crippen LogP contribution in [0.5, 0.6) is 0 Å². The van der Waals surface area contributed by atoms with Crippen molar-refractivity contribution in [3.63, 3.8) is 0 Å². The monoisotopic (exact) mass is 235 g/mol. The largest absolute Gasteiger partial charge is 0.480 e. The van der Waals surface area contributed by atoms with Crippen LogP contribution >= 0.6 is 0 Å². The lowest BCUT2D eigenvalue weighted by molar-refractivity contribution is 0.272. The van der Waals surface area contributed by atoms with Crippen LogP contribution in [0.25, 0.3) is 0 Å². The molecule has 0 rings (SSSR count). The molecule has 0 aliphatic heterocycles. The minimum atomic E-state index is 0.484. The van der Waals surface area contributed by atoms with Crippen molar-refractivity contribution in [3.8, 4) is 0 Å². The summed E-state index contributed by atoms with van der Waals surface area (Å²) in [6, 6.07) is 0. The standard InChI is InChI=1S/C13H21N3O/c1-6-11(4)15-13(17-5)12(7-2)16(8-3)10-9-14/h6-7,9-10H,1-2,8,14H2,3-5H3/b10-9-,13-12-,15-11+. The lowest BCUT2D eigenvalue weighted by Crippen LogP contribution is -2.17. The normalized spacial score (nSPS) is 13.2. The average molecular weight is 235 g/mol. The highest BCUT2D eigenvalue weighted by molar-refractivity contribution is 5.92. The van der Waals surface area contributed by atoms with E-state index in [9.17, 15) is 0 Å². The highest BCUT2D eigenvalue weighted by Crippen LogP contribution is 2.14. The van der Waals surface area contributed by atoms with E-state index in [1.165, 1.54) is 6.20 Å². The van der Waals surface area contributed by atoms with Gasteiger partial charge in [-0.1, -0.05) is 13.2 Å². The van der Waals surface area contributed by atoms with E-state index in [0.29, 0.717) is 5.88 Å². The van der Waals surface area contributed by atoms with Crippen LogP contribution in [0.1, 0.15) is 13.8 Å². The Morgan fingerprint density at radius 3 is 2.41 bits per heavy atom. The molecule has 0 aliphatic carbocycles. The van der Waals surface area contributed by atoms with E-state index < -0.39 is 0 Å². The van der Waals surface area contributed by atoms with E-state index in [-0.39, 0.29) is 0 Å². The maximum atomic E-state index is 5.39. The Kier molecular flexibility index (Phi) is 7.26. The van der Waals surface area contributed by atoms with Crippen molar-refractivity contribution in [1.82, 2.24) is 4.90 Å². The Morgan fingerprint density at radius 2 is 2.06 bits per heavy atom. The van der Waals surface area contributed by atoms with Crippen molar-refractivity contribution < 1.29 is 4.74 Å². The van der Waals surface area contributed by atoms with Gasteiger partial charge in [-0.25, -0.2) is 4.99 Å². The van der Waals surface area contributed by atoms with Gasteiger partial charge >= 0.3 is 0 Å². The maximum absolute atomic E-state index is 5.39. The van der Waals surface area contributed by atoms with Gasteiger partial charge in [0.15, 0.2) is 0 Å². The van der Waals surface area contributed by atoms with Gasteiger partial charge < -0.3 is 15.4 Å². The molecule has 0 unspecified atom stereocenters. The molecule has 0 spiro atoms. The number of hydrogen-bond acceptors (Lipinski definition) is 4. The number of nitrogens with zero attached hydrogens (tertiary/aromatic N) is 2. The number of rotatable bonds is 7. The number of ether oxygens (including phenoxy) is 1. The number of allylic oxidation sites excluding steroid dienone is 2. The second-order valence-corrected chi connectivity index (χ2v) is 3.18. The van der Waals surface area contributed by atoms with E-state index in [2.05, 4.69) is 18.2 Å². The Balaban J connectivity index is 5.51. The second kappa shape index (κ2) is 8.21. The molecule has 0 amide bonds. The van der Waals surface area contributed by atoms with Crippen LogP contribution in [0.3, 0.4) is 0 Å². The molecule has 0 aromatic rings. The summed E-state index contributed by atoms with van der Waals surface area (Å²) in [5.41, 5.74) is 6.93. The summed E-state index contributed by atoms with van der Waals surface area (Å²) in [5, 5.41) is 0. The van der Waals surface area contributed by atoms with Gasteiger partial charge in [0.2, 0.25) is 5.88 Å². The Hall–Kier alpha value is -1.97. The van der Waals surface area contributed by atoms with Crippen molar-refractivity contribution >= 4 is 5.71 Å². The summed E-state index contributed by atoms with van der Waals surface area (Å²) in [6.07, 6.45) is 6.55. The molecular weight excluding hydrogens is 214 g/mol. The van der Waals surface area contributed by atoms with E-state index in [4.69, 9.17) is 10.5 Å². The van der Waals surface area contributed by atoms with Gasteiger partial charge in [-0.15, -0.1) is 0 Å². The smallest absolute Gasteiger partial charge is 0.237 e. The van der Waals surface area contributed by atoms with Crippen molar-refractivity contribution in [2.45, 2.75) is 13.8 Å². The fourth-order valence-corrected chi connectivity index (χ4v) is 1.20. The lowest BCUT2D eigenvalue weighted by Gasteiger charge is -2.20. The zero-order chi connectivity index (χ0) is 13.3. The zero-order valence-corrected chi connectivity index (χ0v) is 10.8. The second-order valence-electron chi connectivity index (χ2n) is 3.18. The molecule has 0 aromatic carbocycles. The number of likely N-dealkylation sites (N-methyl/N-ethyl adjacent to an activating group) is 1.